The highest BCUT2D eigenvalue weighted by atomic mass is 32.2. The summed E-state index contributed by atoms with van der Waals surface area (Å²) in [6, 6.07) is 25.8. The zero-order valence-corrected chi connectivity index (χ0v) is 16.9. The van der Waals surface area contributed by atoms with Gasteiger partial charge in [0, 0.05) is 12.2 Å². The van der Waals surface area contributed by atoms with Gasteiger partial charge in [-0.15, -0.1) is 0 Å². The van der Waals surface area contributed by atoms with E-state index < -0.39 is 0 Å². The molecule has 6 heteroatoms. The number of carbonyl (C=O) groups is 1. The van der Waals surface area contributed by atoms with Gasteiger partial charge in [0.05, 0.1) is 23.9 Å². The number of benzene rings is 3. The molecule has 0 aliphatic carbocycles. The molecule has 0 fully saturated rings. The van der Waals surface area contributed by atoms with Gasteiger partial charge in [-0.3, -0.25) is 9.36 Å². The summed E-state index contributed by atoms with van der Waals surface area (Å²) in [6.45, 7) is 0.464. The number of amides is 1. The summed E-state index contributed by atoms with van der Waals surface area (Å²) in [4.78, 5) is 17.1. The van der Waals surface area contributed by atoms with Crippen LogP contribution in [0.25, 0.3) is 16.7 Å². The van der Waals surface area contributed by atoms with Crippen molar-refractivity contribution < 1.29 is 9.53 Å². The standard InChI is InChI=1S/C23H21N3O2S/c1-28-19-11-7-8-17(14-19)15-24-22(27)16-29-23-25-20-12-5-6-13-21(20)26(23)18-9-3-2-4-10-18/h2-14H,15-16H2,1H3,(H,24,27). The molecule has 0 saturated heterocycles. The zero-order chi connectivity index (χ0) is 20.1. The van der Waals surface area contributed by atoms with Gasteiger partial charge in [0.25, 0.3) is 0 Å². The summed E-state index contributed by atoms with van der Waals surface area (Å²) in [6.07, 6.45) is 0. The van der Waals surface area contributed by atoms with Crippen LogP contribution in [0.3, 0.4) is 0 Å². The normalized spacial score (nSPS) is 10.8. The second-order valence-corrected chi connectivity index (χ2v) is 7.41. The van der Waals surface area contributed by atoms with Crippen molar-refractivity contribution in [3.05, 3.63) is 84.4 Å². The Bertz CT molecular complexity index is 1130. The van der Waals surface area contributed by atoms with Gasteiger partial charge in [-0.05, 0) is 42.0 Å². The third-order valence-corrected chi connectivity index (χ3v) is 5.44. The third-order valence-electron chi connectivity index (χ3n) is 4.50. The minimum absolute atomic E-state index is 0.0375. The number of para-hydroxylation sites is 3. The molecule has 0 saturated carbocycles. The van der Waals surface area contributed by atoms with Gasteiger partial charge in [-0.1, -0.05) is 54.2 Å². The Labute approximate surface area is 173 Å². The molecule has 0 aliphatic heterocycles. The van der Waals surface area contributed by atoms with E-state index in [0.29, 0.717) is 12.3 Å². The lowest BCUT2D eigenvalue weighted by Crippen LogP contribution is -2.24. The Hall–Kier alpha value is -3.25. The molecule has 1 N–H and O–H groups in total. The predicted molar refractivity (Wildman–Crippen MR) is 117 cm³/mol. The van der Waals surface area contributed by atoms with Crippen molar-refractivity contribution >= 4 is 28.7 Å². The van der Waals surface area contributed by atoms with E-state index in [-0.39, 0.29) is 5.91 Å². The second-order valence-electron chi connectivity index (χ2n) is 6.47. The minimum Gasteiger partial charge on any atom is -0.497 e. The van der Waals surface area contributed by atoms with Gasteiger partial charge in [0.1, 0.15) is 5.75 Å². The molecule has 0 radical (unpaired) electrons. The largest absolute Gasteiger partial charge is 0.497 e. The molecule has 3 aromatic carbocycles. The van der Waals surface area contributed by atoms with E-state index in [1.54, 1.807) is 7.11 Å². The van der Waals surface area contributed by atoms with Crippen LogP contribution in [0.2, 0.25) is 0 Å². The molecular weight excluding hydrogens is 382 g/mol. The first-order valence-corrected chi connectivity index (χ1v) is 10.3. The molecule has 0 bridgehead atoms. The average molecular weight is 404 g/mol. The highest BCUT2D eigenvalue weighted by Gasteiger charge is 2.14. The molecule has 1 aromatic heterocycles. The smallest absolute Gasteiger partial charge is 0.230 e. The minimum atomic E-state index is -0.0375. The van der Waals surface area contributed by atoms with Crippen molar-refractivity contribution in [3.63, 3.8) is 0 Å². The van der Waals surface area contributed by atoms with Gasteiger partial charge < -0.3 is 10.1 Å². The third kappa shape index (κ3) is 4.43. The van der Waals surface area contributed by atoms with Gasteiger partial charge in [0.2, 0.25) is 5.91 Å². The molecule has 4 rings (SSSR count). The molecule has 29 heavy (non-hydrogen) atoms. The summed E-state index contributed by atoms with van der Waals surface area (Å²) in [7, 11) is 1.63. The van der Waals surface area contributed by atoms with Crippen molar-refractivity contribution in [1.29, 1.82) is 0 Å². The van der Waals surface area contributed by atoms with Crippen molar-refractivity contribution in [2.45, 2.75) is 11.7 Å². The van der Waals surface area contributed by atoms with Gasteiger partial charge >= 0.3 is 0 Å². The number of ether oxygens (including phenoxy) is 1. The Morgan fingerprint density at radius 3 is 2.66 bits per heavy atom. The van der Waals surface area contributed by atoms with Crippen LogP contribution in [0.5, 0.6) is 5.75 Å². The van der Waals surface area contributed by atoms with Crippen LogP contribution in [-0.4, -0.2) is 28.3 Å². The van der Waals surface area contributed by atoms with Crippen molar-refractivity contribution in [1.82, 2.24) is 14.9 Å². The fourth-order valence-corrected chi connectivity index (χ4v) is 3.95. The Morgan fingerprint density at radius 1 is 1.03 bits per heavy atom. The van der Waals surface area contributed by atoms with Crippen molar-refractivity contribution in [2.24, 2.45) is 0 Å². The van der Waals surface area contributed by atoms with Crippen LogP contribution in [-0.2, 0) is 11.3 Å². The number of nitrogens with zero attached hydrogens (tertiary/aromatic N) is 2. The molecule has 0 atom stereocenters. The van der Waals surface area contributed by atoms with E-state index in [1.807, 2.05) is 78.9 Å². The lowest BCUT2D eigenvalue weighted by Gasteiger charge is -2.09. The summed E-state index contributed by atoms with van der Waals surface area (Å²) in [5.74, 6) is 1.03. The number of carbonyl (C=O) groups excluding carboxylic acids is 1. The molecule has 4 aromatic rings. The maximum Gasteiger partial charge on any atom is 0.230 e. The van der Waals surface area contributed by atoms with Crippen LogP contribution in [0, 0.1) is 0 Å². The summed E-state index contributed by atoms with van der Waals surface area (Å²) in [5.41, 5.74) is 3.97. The van der Waals surface area contributed by atoms with Gasteiger partial charge in [-0.2, -0.15) is 0 Å². The summed E-state index contributed by atoms with van der Waals surface area (Å²) in [5, 5.41) is 3.76. The summed E-state index contributed by atoms with van der Waals surface area (Å²) < 4.78 is 7.32. The molecule has 0 spiro atoms. The number of thioether (sulfide) groups is 1. The number of hydrogen-bond acceptors (Lipinski definition) is 4. The SMILES string of the molecule is COc1cccc(CNC(=O)CSc2nc3ccccc3n2-c2ccccc2)c1. The highest BCUT2D eigenvalue weighted by Crippen LogP contribution is 2.27. The fraction of sp³-hybridized carbons (Fsp3) is 0.130. The van der Waals surface area contributed by atoms with E-state index in [2.05, 4.69) is 9.88 Å². The number of hydrogen-bond donors (Lipinski definition) is 1. The Morgan fingerprint density at radius 2 is 1.83 bits per heavy atom. The van der Waals surface area contributed by atoms with Gasteiger partial charge in [0.15, 0.2) is 5.16 Å². The first kappa shape index (κ1) is 19.1. The fourth-order valence-electron chi connectivity index (χ4n) is 3.09. The molecule has 1 heterocycles. The van der Waals surface area contributed by atoms with Crippen LogP contribution in [0.4, 0.5) is 0 Å². The lowest BCUT2D eigenvalue weighted by molar-refractivity contribution is -0.118. The number of methoxy groups -OCH3 is 1. The summed E-state index contributed by atoms with van der Waals surface area (Å²) >= 11 is 1.43. The maximum atomic E-state index is 12.4. The first-order valence-electron chi connectivity index (χ1n) is 9.30. The predicted octanol–water partition coefficient (Wildman–Crippen LogP) is 4.44. The Kier molecular flexibility index (Phi) is 5.81. The molecular formula is C23H21N3O2S. The Balaban J connectivity index is 1.47. The number of imidazole rings is 1. The van der Waals surface area contributed by atoms with Crippen LogP contribution < -0.4 is 10.1 Å². The van der Waals surface area contributed by atoms with Crippen LogP contribution in [0.1, 0.15) is 5.56 Å². The van der Waals surface area contributed by atoms with E-state index >= 15 is 0 Å². The number of rotatable bonds is 7. The van der Waals surface area contributed by atoms with E-state index in [9.17, 15) is 4.79 Å². The van der Waals surface area contributed by atoms with E-state index in [4.69, 9.17) is 9.72 Å². The number of aromatic nitrogens is 2. The number of fused-ring (bicyclic) bond motifs is 1. The molecule has 146 valence electrons. The first-order chi connectivity index (χ1) is 14.2. The quantitative estimate of drug-likeness (QED) is 0.464. The second kappa shape index (κ2) is 8.84. The van der Waals surface area contributed by atoms with Crippen molar-refractivity contribution in [3.8, 4) is 11.4 Å². The topological polar surface area (TPSA) is 56.1 Å². The molecule has 1 amide bonds. The molecule has 0 aliphatic rings. The lowest BCUT2D eigenvalue weighted by atomic mass is 10.2. The van der Waals surface area contributed by atoms with E-state index in [1.165, 1.54) is 11.8 Å². The zero-order valence-electron chi connectivity index (χ0n) is 16.0. The number of nitrogens with one attached hydrogen (secondary N) is 1. The maximum absolute atomic E-state index is 12.4. The molecule has 5 nitrogen and oxygen atoms in total. The highest BCUT2D eigenvalue weighted by molar-refractivity contribution is 7.99. The van der Waals surface area contributed by atoms with Crippen LogP contribution >= 0.6 is 11.8 Å². The van der Waals surface area contributed by atoms with Crippen molar-refractivity contribution in [2.75, 3.05) is 12.9 Å². The van der Waals surface area contributed by atoms with Crippen LogP contribution in [0.15, 0.2) is 84.0 Å². The van der Waals surface area contributed by atoms with Gasteiger partial charge in [-0.25, -0.2) is 4.98 Å². The van der Waals surface area contributed by atoms with E-state index in [0.717, 1.165) is 33.2 Å². The molecule has 0 unspecified atom stereocenters. The monoisotopic (exact) mass is 403 g/mol. The average Bonchev–Trinajstić information content (AvgIpc) is 3.15.